The zero-order valence-electron chi connectivity index (χ0n) is 11.7. The molecule has 0 aromatic rings. The van der Waals surface area contributed by atoms with E-state index in [1.807, 2.05) is 4.90 Å². The van der Waals surface area contributed by atoms with Crippen LogP contribution >= 0.6 is 0 Å². The average Bonchev–Trinajstić information content (AvgIpc) is 2.83. The van der Waals surface area contributed by atoms with Gasteiger partial charge in [-0.15, -0.1) is 0 Å². The van der Waals surface area contributed by atoms with Gasteiger partial charge in [0, 0.05) is 25.0 Å². The molecule has 1 atom stereocenters. The Kier molecular flexibility index (Phi) is 4.80. The molecule has 1 heterocycles. The fraction of sp³-hybridized carbons (Fsp3) is 0.857. The highest BCUT2D eigenvalue weighted by Gasteiger charge is 2.34. The lowest BCUT2D eigenvalue weighted by molar-refractivity contribution is -0.137. The van der Waals surface area contributed by atoms with E-state index >= 15 is 0 Å². The van der Waals surface area contributed by atoms with Crippen molar-refractivity contribution >= 4 is 11.8 Å². The summed E-state index contributed by atoms with van der Waals surface area (Å²) in [5.74, 6) is 0.105. The van der Waals surface area contributed by atoms with Crippen LogP contribution in [0.3, 0.4) is 0 Å². The third-order valence-corrected chi connectivity index (χ3v) is 4.22. The van der Waals surface area contributed by atoms with Crippen LogP contribution in [0.15, 0.2) is 0 Å². The molecule has 0 aromatic heterocycles. The standard InChI is InChI=1S/C14H25N3O2/c1-2-9-17(11-5-3-10(15)4-6-11)14(19)12-7-8-13(18)16-12/h10-12H,2-9,15H2,1H3,(H,16,18)/t10?,11?,12-/m0/s1. The van der Waals surface area contributed by atoms with Crippen LogP contribution in [0.1, 0.15) is 51.9 Å². The maximum atomic E-state index is 12.5. The van der Waals surface area contributed by atoms with E-state index in [9.17, 15) is 9.59 Å². The van der Waals surface area contributed by atoms with Crippen LogP contribution in [-0.2, 0) is 9.59 Å². The van der Waals surface area contributed by atoms with Gasteiger partial charge in [0.15, 0.2) is 0 Å². The molecule has 108 valence electrons. The van der Waals surface area contributed by atoms with Crippen molar-refractivity contribution in [2.45, 2.75) is 70.0 Å². The Morgan fingerprint density at radius 2 is 2.00 bits per heavy atom. The van der Waals surface area contributed by atoms with Crippen molar-refractivity contribution in [1.29, 1.82) is 0 Å². The number of amides is 2. The molecule has 3 N–H and O–H groups in total. The number of rotatable bonds is 4. The van der Waals surface area contributed by atoms with Gasteiger partial charge < -0.3 is 16.0 Å². The van der Waals surface area contributed by atoms with Gasteiger partial charge in [-0.3, -0.25) is 9.59 Å². The first-order valence-electron chi connectivity index (χ1n) is 7.47. The van der Waals surface area contributed by atoms with Gasteiger partial charge >= 0.3 is 0 Å². The molecule has 0 aromatic carbocycles. The Hall–Kier alpha value is -1.10. The van der Waals surface area contributed by atoms with E-state index in [1.165, 1.54) is 0 Å². The number of carbonyl (C=O) groups excluding carboxylic acids is 2. The summed E-state index contributed by atoms with van der Waals surface area (Å²) >= 11 is 0. The molecule has 19 heavy (non-hydrogen) atoms. The summed E-state index contributed by atoms with van der Waals surface area (Å²) in [7, 11) is 0. The van der Waals surface area contributed by atoms with Crippen LogP contribution in [0.4, 0.5) is 0 Å². The van der Waals surface area contributed by atoms with Crippen LogP contribution < -0.4 is 11.1 Å². The molecule has 0 spiro atoms. The maximum absolute atomic E-state index is 12.5. The van der Waals surface area contributed by atoms with Gasteiger partial charge in [0.25, 0.3) is 0 Å². The first-order chi connectivity index (χ1) is 9.11. The van der Waals surface area contributed by atoms with Gasteiger partial charge in [0.1, 0.15) is 6.04 Å². The van der Waals surface area contributed by atoms with Crippen LogP contribution in [0.25, 0.3) is 0 Å². The van der Waals surface area contributed by atoms with E-state index in [0.717, 1.165) is 38.6 Å². The first-order valence-corrected chi connectivity index (χ1v) is 7.47. The number of hydrogen-bond acceptors (Lipinski definition) is 3. The molecule has 1 aliphatic heterocycles. The zero-order chi connectivity index (χ0) is 13.8. The predicted octanol–water partition coefficient (Wildman–Crippen LogP) is 0.773. The molecule has 0 bridgehead atoms. The molecular formula is C14H25N3O2. The van der Waals surface area contributed by atoms with Gasteiger partial charge in [0.05, 0.1) is 0 Å². The fourth-order valence-electron chi connectivity index (χ4n) is 3.13. The van der Waals surface area contributed by atoms with Crippen molar-refractivity contribution in [3.05, 3.63) is 0 Å². The molecule has 0 radical (unpaired) electrons. The summed E-state index contributed by atoms with van der Waals surface area (Å²) in [6.45, 7) is 2.87. The van der Waals surface area contributed by atoms with E-state index in [2.05, 4.69) is 12.2 Å². The molecule has 5 nitrogen and oxygen atoms in total. The Bertz CT molecular complexity index is 338. The average molecular weight is 267 g/mol. The molecule has 0 unspecified atom stereocenters. The van der Waals surface area contributed by atoms with Crippen LogP contribution in [0.2, 0.25) is 0 Å². The van der Waals surface area contributed by atoms with Gasteiger partial charge in [-0.25, -0.2) is 0 Å². The van der Waals surface area contributed by atoms with Crippen molar-refractivity contribution in [3.8, 4) is 0 Å². The van der Waals surface area contributed by atoms with E-state index in [-0.39, 0.29) is 17.9 Å². The van der Waals surface area contributed by atoms with Crippen molar-refractivity contribution in [3.63, 3.8) is 0 Å². The lowest BCUT2D eigenvalue weighted by Gasteiger charge is -2.37. The van der Waals surface area contributed by atoms with Gasteiger partial charge in [-0.1, -0.05) is 6.92 Å². The Morgan fingerprint density at radius 1 is 1.32 bits per heavy atom. The molecule has 1 saturated heterocycles. The lowest BCUT2D eigenvalue weighted by atomic mass is 9.90. The Labute approximate surface area is 114 Å². The second-order valence-electron chi connectivity index (χ2n) is 5.76. The monoisotopic (exact) mass is 267 g/mol. The number of nitrogens with one attached hydrogen (secondary N) is 1. The number of hydrogen-bond donors (Lipinski definition) is 2. The van der Waals surface area contributed by atoms with Crippen molar-refractivity contribution in [2.24, 2.45) is 5.73 Å². The zero-order valence-corrected chi connectivity index (χ0v) is 11.7. The van der Waals surface area contributed by atoms with Crippen molar-refractivity contribution in [2.75, 3.05) is 6.54 Å². The van der Waals surface area contributed by atoms with E-state index < -0.39 is 0 Å². The van der Waals surface area contributed by atoms with Crippen molar-refractivity contribution in [1.82, 2.24) is 10.2 Å². The van der Waals surface area contributed by atoms with Crippen LogP contribution in [0, 0.1) is 0 Å². The van der Waals surface area contributed by atoms with E-state index in [1.54, 1.807) is 0 Å². The van der Waals surface area contributed by atoms with E-state index in [4.69, 9.17) is 5.73 Å². The smallest absolute Gasteiger partial charge is 0.245 e. The predicted molar refractivity (Wildman–Crippen MR) is 73.4 cm³/mol. The largest absolute Gasteiger partial charge is 0.344 e. The third kappa shape index (κ3) is 3.47. The highest BCUT2D eigenvalue weighted by atomic mass is 16.2. The third-order valence-electron chi connectivity index (χ3n) is 4.22. The quantitative estimate of drug-likeness (QED) is 0.790. The highest BCUT2D eigenvalue weighted by Crippen LogP contribution is 2.24. The van der Waals surface area contributed by atoms with Gasteiger partial charge in [-0.2, -0.15) is 0 Å². The molecule has 1 aliphatic carbocycles. The maximum Gasteiger partial charge on any atom is 0.245 e. The molecule has 2 rings (SSSR count). The fourth-order valence-corrected chi connectivity index (χ4v) is 3.13. The molecule has 1 saturated carbocycles. The normalized spacial score (nSPS) is 31.1. The minimum Gasteiger partial charge on any atom is -0.344 e. The number of nitrogens with zero attached hydrogens (tertiary/aromatic N) is 1. The Balaban J connectivity index is 1.98. The van der Waals surface area contributed by atoms with Crippen LogP contribution in [-0.4, -0.2) is 41.4 Å². The van der Waals surface area contributed by atoms with Crippen molar-refractivity contribution < 1.29 is 9.59 Å². The SMILES string of the molecule is CCCN(C(=O)[C@@H]1CCC(=O)N1)C1CCC(N)CC1. The van der Waals surface area contributed by atoms with Gasteiger partial charge in [0.2, 0.25) is 11.8 Å². The topological polar surface area (TPSA) is 75.4 Å². The van der Waals surface area contributed by atoms with Gasteiger partial charge in [-0.05, 0) is 38.5 Å². The number of carbonyl (C=O) groups is 2. The minimum absolute atomic E-state index is 0.000430. The second-order valence-corrected chi connectivity index (χ2v) is 5.76. The first kappa shape index (κ1) is 14.3. The number of nitrogens with two attached hydrogens (primary N) is 1. The molecular weight excluding hydrogens is 242 g/mol. The van der Waals surface area contributed by atoms with Crippen LogP contribution in [0.5, 0.6) is 0 Å². The molecule has 2 fully saturated rings. The Morgan fingerprint density at radius 3 is 2.53 bits per heavy atom. The highest BCUT2D eigenvalue weighted by molar-refractivity contribution is 5.91. The summed E-state index contributed by atoms with van der Waals surface area (Å²) in [5.41, 5.74) is 5.93. The summed E-state index contributed by atoms with van der Waals surface area (Å²) in [6, 6.07) is 0.306. The van der Waals surface area contributed by atoms with E-state index in [0.29, 0.717) is 24.9 Å². The molecule has 2 aliphatic rings. The summed E-state index contributed by atoms with van der Waals surface area (Å²) in [4.78, 5) is 25.8. The minimum atomic E-state index is -0.297. The molecule has 5 heteroatoms. The second kappa shape index (κ2) is 6.37. The molecule has 2 amide bonds. The summed E-state index contributed by atoms with van der Waals surface area (Å²) in [5, 5.41) is 2.79. The lowest BCUT2D eigenvalue weighted by Crippen LogP contribution is -2.51. The summed E-state index contributed by atoms with van der Waals surface area (Å²) < 4.78 is 0. The summed E-state index contributed by atoms with van der Waals surface area (Å²) in [6.07, 6.45) is 6.05.